The second kappa shape index (κ2) is 6.09. The minimum atomic E-state index is 1.17. The van der Waals surface area contributed by atoms with E-state index < -0.39 is 0 Å². The van der Waals surface area contributed by atoms with Gasteiger partial charge in [0.25, 0.3) is 0 Å². The van der Waals surface area contributed by atoms with E-state index in [1.165, 1.54) is 55.2 Å². The first-order valence-corrected chi connectivity index (χ1v) is 7.72. The predicted molar refractivity (Wildman–Crippen MR) is 86.9 cm³/mol. The third-order valence-corrected chi connectivity index (χ3v) is 4.34. The Kier molecular flexibility index (Phi) is 4.01. The first-order valence-electron chi connectivity index (χ1n) is 7.72. The van der Waals surface area contributed by atoms with Crippen LogP contribution in [0.2, 0.25) is 0 Å². The van der Waals surface area contributed by atoms with E-state index in [0.29, 0.717) is 0 Å². The average Bonchev–Trinajstić information content (AvgIpc) is 2.47. The fourth-order valence-electron chi connectivity index (χ4n) is 3.21. The van der Waals surface area contributed by atoms with Gasteiger partial charge in [0, 0.05) is 0 Å². The molecule has 1 aliphatic carbocycles. The lowest BCUT2D eigenvalue weighted by Crippen LogP contribution is -2.03. The molecule has 102 valence electrons. The highest BCUT2D eigenvalue weighted by molar-refractivity contribution is 5.80. The molecule has 2 aromatic rings. The SMILES string of the molecule is C=C(c1ccccc1)c1cccc2c1CCCCCC2. The van der Waals surface area contributed by atoms with Crippen LogP contribution in [0.5, 0.6) is 0 Å². The van der Waals surface area contributed by atoms with E-state index >= 15 is 0 Å². The second-order valence-corrected chi connectivity index (χ2v) is 5.70. The standard InChI is InChI=1S/C20H22/c1-16(17-10-6-4-7-11-17)19-15-9-13-18-12-5-2-3-8-14-20(18)19/h4,6-7,9-11,13,15H,1-3,5,8,12,14H2. The molecule has 0 saturated heterocycles. The van der Waals surface area contributed by atoms with Gasteiger partial charge in [-0.2, -0.15) is 0 Å². The van der Waals surface area contributed by atoms with E-state index in [-0.39, 0.29) is 0 Å². The number of benzene rings is 2. The van der Waals surface area contributed by atoms with Crippen molar-refractivity contribution in [1.29, 1.82) is 0 Å². The van der Waals surface area contributed by atoms with Crippen molar-refractivity contribution in [3.05, 3.63) is 77.4 Å². The Morgan fingerprint density at radius 2 is 1.50 bits per heavy atom. The van der Waals surface area contributed by atoms with Crippen LogP contribution in [0.4, 0.5) is 0 Å². The Bertz CT molecular complexity index is 593. The molecule has 0 amide bonds. The molecule has 0 atom stereocenters. The van der Waals surface area contributed by atoms with Crippen LogP contribution in [-0.4, -0.2) is 0 Å². The van der Waals surface area contributed by atoms with Crippen LogP contribution in [-0.2, 0) is 12.8 Å². The molecule has 1 aliphatic rings. The van der Waals surface area contributed by atoms with E-state index in [2.05, 4.69) is 55.1 Å². The Balaban J connectivity index is 2.01. The van der Waals surface area contributed by atoms with Gasteiger partial charge in [-0.3, -0.25) is 0 Å². The highest BCUT2D eigenvalue weighted by atomic mass is 14.2. The lowest BCUT2D eigenvalue weighted by Gasteiger charge is -2.19. The van der Waals surface area contributed by atoms with Crippen molar-refractivity contribution in [3.63, 3.8) is 0 Å². The molecule has 0 aromatic heterocycles. The van der Waals surface area contributed by atoms with E-state index in [1.807, 2.05) is 0 Å². The lowest BCUT2D eigenvalue weighted by molar-refractivity contribution is 0.616. The Morgan fingerprint density at radius 1 is 0.750 bits per heavy atom. The zero-order chi connectivity index (χ0) is 13.8. The molecule has 0 saturated carbocycles. The highest BCUT2D eigenvalue weighted by Crippen LogP contribution is 2.30. The van der Waals surface area contributed by atoms with Crippen molar-refractivity contribution in [2.24, 2.45) is 0 Å². The van der Waals surface area contributed by atoms with Gasteiger partial charge >= 0.3 is 0 Å². The zero-order valence-electron chi connectivity index (χ0n) is 12.1. The Hall–Kier alpha value is -1.82. The molecule has 2 aromatic carbocycles. The maximum absolute atomic E-state index is 4.36. The topological polar surface area (TPSA) is 0 Å². The first-order chi connectivity index (χ1) is 9.86. The van der Waals surface area contributed by atoms with Gasteiger partial charge in [-0.1, -0.05) is 68.0 Å². The van der Waals surface area contributed by atoms with Crippen LogP contribution in [0.15, 0.2) is 55.1 Å². The van der Waals surface area contributed by atoms with Gasteiger partial charge in [-0.05, 0) is 53.5 Å². The lowest BCUT2D eigenvalue weighted by atomic mass is 9.86. The zero-order valence-corrected chi connectivity index (χ0v) is 12.1. The molecule has 20 heavy (non-hydrogen) atoms. The van der Waals surface area contributed by atoms with Crippen molar-refractivity contribution in [3.8, 4) is 0 Å². The minimum absolute atomic E-state index is 1.17. The van der Waals surface area contributed by atoms with E-state index in [1.54, 1.807) is 11.1 Å². The van der Waals surface area contributed by atoms with Gasteiger partial charge in [-0.25, -0.2) is 0 Å². The van der Waals surface area contributed by atoms with Crippen LogP contribution in [0.1, 0.15) is 47.9 Å². The van der Waals surface area contributed by atoms with Gasteiger partial charge in [0.1, 0.15) is 0 Å². The molecule has 0 bridgehead atoms. The van der Waals surface area contributed by atoms with Crippen molar-refractivity contribution >= 4 is 5.57 Å². The predicted octanol–water partition coefficient (Wildman–Crippen LogP) is 5.41. The molecular formula is C20H22. The second-order valence-electron chi connectivity index (χ2n) is 5.70. The van der Waals surface area contributed by atoms with Gasteiger partial charge < -0.3 is 0 Å². The quantitative estimate of drug-likeness (QED) is 0.679. The van der Waals surface area contributed by atoms with Gasteiger partial charge in [-0.15, -0.1) is 0 Å². The summed E-state index contributed by atoms with van der Waals surface area (Å²) >= 11 is 0. The third kappa shape index (κ3) is 2.70. The molecule has 3 rings (SSSR count). The van der Waals surface area contributed by atoms with Gasteiger partial charge in [0.05, 0.1) is 0 Å². The van der Waals surface area contributed by atoms with Gasteiger partial charge in [0.15, 0.2) is 0 Å². The first kappa shape index (κ1) is 13.2. The molecule has 0 spiro atoms. The number of aryl methyl sites for hydroxylation is 1. The van der Waals surface area contributed by atoms with Crippen LogP contribution in [0.3, 0.4) is 0 Å². The monoisotopic (exact) mass is 262 g/mol. The summed E-state index contributed by atoms with van der Waals surface area (Å²) in [7, 11) is 0. The van der Waals surface area contributed by atoms with Crippen LogP contribution < -0.4 is 0 Å². The number of rotatable bonds is 2. The fraction of sp³-hybridized carbons (Fsp3) is 0.300. The van der Waals surface area contributed by atoms with Crippen LogP contribution >= 0.6 is 0 Å². The molecule has 0 radical (unpaired) electrons. The van der Waals surface area contributed by atoms with Crippen molar-refractivity contribution in [2.45, 2.75) is 38.5 Å². The summed E-state index contributed by atoms with van der Waals surface area (Å²) in [6, 6.07) is 17.3. The number of hydrogen-bond donors (Lipinski definition) is 0. The average molecular weight is 262 g/mol. The Morgan fingerprint density at radius 3 is 2.30 bits per heavy atom. The molecule has 0 heterocycles. The number of fused-ring (bicyclic) bond motifs is 1. The van der Waals surface area contributed by atoms with Crippen LogP contribution in [0.25, 0.3) is 5.57 Å². The summed E-state index contributed by atoms with van der Waals surface area (Å²) in [5.74, 6) is 0. The summed E-state index contributed by atoms with van der Waals surface area (Å²) in [5, 5.41) is 0. The third-order valence-electron chi connectivity index (χ3n) is 4.34. The van der Waals surface area contributed by atoms with Crippen LogP contribution in [0, 0.1) is 0 Å². The maximum atomic E-state index is 4.36. The number of hydrogen-bond acceptors (Lipinski definition) is 0. The Labute approximate surface area is 122 Å². The van der Waals surface area contributed by atoms with Gasteiger partial charge in [0.2, 0.25) is 0 Å². The van der Waals surface area contributed by atoms with Crippen molar-refractivity contribution in [1.82, 2.24) is 0 Å². The molecule has 0 unspecified atom stereocenters. The molecular weight excluding hydrogens is 240 g/mol. The largest absolute Gasteiger partial charge is 0.0905 e. The van der Waals surface area contributed by atoms with E-state index in [0.717, 1.165) is 0 Å². The molecule has 0 fully saturated rings. The fourth-order valence-corrected chi connectivity index (χ4v) is 3.21. The van der Waals surface area contributed by atoms with Crippen molar-refractivity contribution < 1.29 is 0 Å². The molecule has 0 aliphatic heterocycles. The van der Waals surface area contributed by atoms with E-state index in [9.17, 15) is 0 Å². The summed E-state index contributed by atoms with van der Waals surface area (Å²) in [6.07, 6.45) is 7.82. The van der Waals surface area contributed by atoms with E-state index in [4.69, 9.17) is 0 Å². The van der Waals surface area contributed by atoms with Crippen molar-refractivity contribution in [2.75, 3.05) is 0 Å². The normalized spacial score (nSPS) is 15.0. The molecule has 0 nitrogen and oxygen atoms in total. The highest BCUT2D eigenvalue weighted by Gasteiger charge is 2.13. The summed E-state index contributed by atoms with van der Waals surface area (Å²) < 4.78 is 0. The smallest absolute Gasteiger partial charge is 0.0149 e. The maximum Gasteiger partial charge on any atom is -0.0149 e. The molecule has 0 heteroatoms. The summed E-state index contributed by atoms with van der Waals surface area (Å²) in [6.45, 7) is 4.36. The summed E-state index contributed by atoms with van der Waals surface area (Å²) in [5.41, 5.74) is 6.85. The minimum Gasteiger partial charge on any atom is -0.0905 e. The summed E-state index contributed by atoms with van der Waals surface area (Å²) in [4.78, 5) is 0. The molecule has 0 N–H and O–H groups in total.